The predicted molar refractivity (Wildman–Crippen MR) is 139 cm³/mol. The second kappa shape index (κ2) is 10.9. The summed E-state index contributed by atoms with van der Waals surface area (Å²) in [7, 11) is 5.80. The van der Waals surface area contributed by atoms with Gasteiger partial charge in [0.25, 0.3) is 0 Å². The Morgan fingerprint density at radius 2 is 1.28 bits per heavy atom. The van der Waals surface area contributed by atoms with E-state index in [1.54, 1.807) is 6.08 Å². The summed E-state index contributed by atoms with van der Waals surface area (Å²) in [4.78, 5) is 26.0. The van der Waals surface area contributed by atoms with Gasteiger partial charge < -0.3 is 42.6 Å². The third-order valence-corrected chi connectivity index (χ3v) is 6.65. The summed E-state index contributed by atoms with van der Waals surface area (Å²) in [6.45, 7) is 8.73. The van der Waals surface area contributed by atoms with E-state index in [9.17, 15) is 9.59 Å². The fraction of sp³-hybridized carbons (Fsp3) is 0.571. The van der Waals surface area contributed by atoms with E-state index in [1.807, 2.05) is 45.9 Å². The SMILES string of the molecule is CO[C@H]1O[C@H](C(=O)Oc2c3c(c4c(c2OC(C)=O)OC(C)(C)C=C4)OC(C)(C)C=C3)[C@@H](OC)[C@H](OC)[C@H]1OC. The van der Waals surface area contributed by atoms with E-state index < -0.39 is 53.8 Å². The number of carbonyl (C=O) groups excluding carboxylic acids is 2. The van der Waals surface area contributed by atoms with E-state index >= 15 is 0 Å². The molecule has 0 bridgehead atoms. The molecule has 11 nitrogen and oxygen atoms in total. The van der Waals surface area contributed by atoms with E-state index in [1.165, 1.54) is 35.4 Å². The van der Waals surface area contributed by atoms with E-state index in [4.69, 9.17) is 42.6 Å². The van der Waals surface area contributed by atoms with Crippen molar-refractivity contribution in [3.63, 3.8) is 0 Å². The van der Waals surface area contributed by atoms with E-state index in [2.05, 4.69) is 0 Å². The molecule has 3 aliphatic heterocycles. The quantitative estimate of drug-likeness (QED) is 0.369. The van der Waals surface area contributed by atoms with Crippen LogP contribution >= 0.6 is 0 Å². The Morgan fingerprint density at radius 1 is 0.718 bits per heavy atom. The molecular formula is C28H36O11. The van der Waals surface area contributed by atoms with E-state index in [-0.39, 0.29) is 17.2 Å². The number of methoxy groups -OCH3 is 4. The van der Waals surface area contributed by atoms with Crippen molar-refractivity contribution in [2.75, 3.05) is 28.4 Å². The van der Waals surface area contributed by atoms with Gasteiger partial charge in [-0.1, -0.05) is 0 Å². The summed E-state index contributed by atoms with van der Waals surface area (Å²) >= 11 is 0. The summed E-state index contributed by atoms with van der Waals surface area (Å²) in [5.41, 5.74) is -0.441. The fourth-order valence-corrected chi connectivity index (χ4v) is 4.84. The lowest BCUT2D eigenvalue weighted by molar-refractivity contribution is -0.298. The van der Waals surface area contributed by atoms with Gasteiger partial charge in [-0.05, 0) is 52.0 Å². The molecule has 0 saturated carbocycles. The molecule has 4 rings (SSSR count). The Bertz CT molecular complexity index is 1180. The topological polar surface area (TPSA) is 117 Å². The second-order valence-electron chi connectivity index (χ2n) is 10.5. The average Bonchev–Trinajstić information content (AvgIpc) is 2.87. The Morgan fingerprint density at radius 3 is 1.82 bits per heavy atom. The highest BCUT2D eigenvalue weighted by Gasteiger charge is 2.51. The van der Waals surface area contributed by atoms with Gasteiger partial charge >= 0.3 is 11.9 Å². The van der Waals surface area contributed by atoms with Crippen LogP contribution in [0.3, 0.4) is 0 Å². The first-order valence-corrected chi connectivity index (χ1v) is 12.5. The molecule has 214 valence electrons. The summed E-state index contributed by atoms with van der Waals surface area (Å²) < 4.78 is 52.1. The molecule has 0 amide bonds. The molecule has 0 aromatic heterocycles. The molecule has 5 atom stereocenters. The molecule has 3 heterocycles. The minimum Gasteiger partial charge on any atom is -0.482 e. The molecule has 1 aromatic rings. The van der Waals surface area contributed by atoms with Crippen LogP contribution in [0.4, 0.5) is 0 Å². The van der Waals surface area contributed by atoms with Gasteiger partial charge in [0.05, 0.1) is 11.1 Å². The van der Waals surface area contributed by atoms with Crippen molar-refractivity contribution in [2.45, 2.75) is 76.5 Å². The van der Waals surface area contributed by atoms with E-state index in [0.717, 1.165) is 0 Å². The van der Waals surface area contributed by atoms with Crippen molar-refractivity contribution < 1.29 is 52.2 Å². The van der Waals surface area contributed by atoms with Crippen molar-refractivity contribution in [1.29, 1.82) is 0 Å². The summed E-state index contributed by atoms with van der Waals surface area (Å²) in [5, 5.41) is 0. The highest BCUT2D eigenvalue weighted by Crippen LogP contribution is 2.55. The van der Waals surface area contributed by atoms with Crippen molar-refractivity contribution in [3.05, 3.63) is 23.3 Å². The molecule has 0 unspecified atom stereocenters. The van der Waals surface area contributed by atoms with Gasteiger partial charge in [-0.3, -0.25) is 4.79 Å². The molecular weight excluding hydrogens is 512 g/mol. The fourth-order valence-electron chi connectivity index (χ4n) is 4.84. The standard InChI is InChI=1S/C28H36O11/c1-14(29)35-22-18(36-25(30)23-20(31-6)21(32-7)24(33-8)26(34-9)37-23)15-10-12-27(2,3)38-17(15)16-11-13-28(4,5)39-19(16)22/h10-13,20-21,23-24,26H,1-9H3/t20-,21-,23-,24+,26-/m0/s1. The highest BCUT2D eigenvalue weighted by molar-refractivity contribution is 5.89. The molecule has 11 heteroatoms. The van der Waals surface area contributed by atoms with Gasteiger partial charge in [-0.25, -0.2) is 4.79 Å². The zero-order valence-corrected chi connectivity index (χ0v) is 23.7. The van der Waals surface area contributed by atoms with Crippen LogP contribution < -0.4 is 18.9 Å². The Balaban J connectivity index is 1.84. The molecule has 3 aliphatic rings. The van der Waals surface area contributed by atoms with Crippen LogP contribution in [0.2, 0.25) is 0 Å². The predicted octanol–water partition coefficient (Wildman–Crippen LogP) is 3.30. The van der Waals surface area contributed by atoms with E-state index in [0.29, 0.717) is 16.9 Å². The van der Waals surface area contributed by atoms with Gasteiger partial charge in [0, 0.05) is 35.4 Å². The Labute approximate surface area is 227 Å². The monoisotopic (exact) mass is 548 g/mol. The van der Waals surface area contributed by atoms with Crippen LogP contribution in [0.5, 0.6) is 23.0 Å². The van der Waals surface area contributed by atoms with Crippen LogP contribution in [0.1, 0.15) is 45.7 Å². The summed E-state index contributed by atoms with van der Waals surface area (Å²) in [5.74, 6) is -0.947. The normalized spacial score (nSPS) is 28.0. The second-order valence-corrected chi connectivity index (χ2v) is 10.5. The number of ether oxygens (including phenoxy) is 9. The lowest BCUT2D eigenvalue weighted by Gasteiger charge is -2.43. The number of fused-ring (bicyclic) bond motifs is 3. The molecule has 1 fully saturated rings. The molecule has 0 radical (unpaired) electrons. The lowest BCUT2D eigenvalue weighted by Crippen LogP contribution is -2.62. The smallest absolute Gasteiger partial charge is 0.343 e. The Hall–Kier alpha value is -2.96. The van der Waals surface area contributed by atoms with Crippen LogP contribution in [0.25, 0.3) is 12.2 Å². The third-order valence-electron chi connectivity index (χ3n) is 6.65. The van der Waals surface area contributed by atoms with Gasteiger partial charge in [0.1, 0.15) is 35.3 Å². The van der Waals surface area contributed by atoms with Gasteiger partial charge in [-0.2, -0.15) is 0 Å². The third kappa shape index (κ3) is 5.55. The van der Waals surface area contributed by atoms with Gasteiger partial charge in [0.2, 0.25) is 5.75 Å². The van der Waals surface area contributed by atoms with Crippen molar-refractivity contribution in [3.8, 4) is 23.0 Å². The summed E-state index contributed by atoms with van der Waals surface area (Å²) in [6, 6.07) is 0. The Kier molecular flexibility index (Phi) is 8.11. The largest absolute Gasteiger partial charge is 0.482 e. The first kappa shape index (κ1) is 29.0. The van der Waals surface area contributed by atoms with Crippen molar-refractivity contribution in [2.24, 2.45) is 0 Å². The van der Waals surface area contributed by atoms with Gasteiger partial charge in [0.15, 0.2) is 23.9 Å². The lowest BCUT2D eigenvalue weighted by atomic mass is 9.94. The number of esters is 2. The first-order valence-electron chi connectivity index (χ1n) is 12.5. The van der Waals surface area contributed by atoms with Crippen LogP contribution in [0, 0.1) is 0 Å². The van der Waals surface area contributed by atoms with Gasteiger partial charge in [-0.15, -0.1) is 0 Å². The maximum Gasteiger partial charge on any atom is 0.343 e. The number of hydrogen-bond donors (Lipinski definition) is 0. The minimum absolute atomic E-state index is 0.0545. The van der Waals surface area contributed by atoms with Crippen molar-refractivity contribution >= 4 is 24.1 Å². The zero-order chi connectivity index (χ0) is 28.7. The number of rotatable bonds is 7. The first-order chi connectivity index (χ1) is 18.4. The molecule has 1 aromatic carbocycles. The number of hydrogen-bond acceptors (Lipinski definition) is 11. The molecule has 39 heavy (non-hydrogen) atoms. The minimum atomic E-state index is -1.28. The maximum atomic E-state index is 13.8. The molecule has 1 saturated heterocycles. The molecule has 0 spiro atoms. The van der Waals surface area contributed by atoms with Crippen LogP contribution in [-0.4, -0.2) is 82.3 Å². The van der Waals surface area contributed by atoms with Crippen molar-refractivity contribution in [1.82, 2.24) is 0 Å². The molecule has 0 aliphatic carbocycles. The summed E-state index contributed by atoms with van der Waals surface area (Å²) in [6.07, 6.45) is 2.74. The highest BCUT2D eigenvalue weighted by atomic mass is 16.7. The zero-order valence-electron chi connectivity index (χ0n) is 23.7. The average molecular weight is 549 g/mol. The number of benzene rings is 1. The van der Waals surface area contributed by atoms with Crippen LogP contribution in [0.15, 0.2) is 12.2 Å². The molecule has 0 N–H and O–H groups in total. The number of carbonyl (C=O) groups is 2. The van der Waals surface area contributed by atoms with Crippen LogP contribution in [-0.2, 0) is 33.3 Å². The maximum absolute atomic E-state index is 13.8.